The van der Waals surface area contributed by atoms with Gasteiger partial charge >= 0.3 is 5.97 Å². The van der Waals surface area contributed by atoms with Crippen LogP contribution in [0.25, 0.3) is 0 Å². The van der Waals surface area contributed by atoms with Crippen molar-refractivity contribution in [3.05, 3.63) is 24.3 Å². The Hall–Kier alpha value is -1.17. The van der Waals surface area contributed by atoms with Crippen LogP contribution in [0.15, 0.2) is 24.3 Å². The van der Waals surface area contributed by atoms with Crippen molar-refractivity contribution in [2.24, 2.45) is 23.7 Å². The van der Waals surface area contributed by atoms with Crippen LogP contribution in [0.2, 0.25) is 0 Å². The van der Waals surface area contributed by atoms with Crippen LogP contribution in [-0.2, 0) is 4.79 Å². The smallest absolute Gasteiger partial charge is 0.306 e. The molecule has 0 radical (unpaired) electrons. The molecule has 2 aliphatic rings. The number of carboxylic acids is 1. The van der Waals surface area contributed by atoms with Crippen LogP contribution in [-0.4, -0.2) is 44.2 Å². The first-order valence-electron chi connectivity index (χ1n) is 10.4. The van der Waals surface area contributed by atoms with Crippen LogP contribution in [0.5, 0.6) is 0 Å². The van der Waals surface area contributed by atoms with Gasteiger partial charge in [0.2, 0.25) is 0 Å². The number of allylic oxidation sites excluding steroid dienone is 2. The van der Waals surface area contributed by atoms with E-state index in [-0.39, 0.29) is 23.7 Å². The van der Waals surface area contributed by atoms with Crippen molar-refractivity contribution in [2.75, 3.05) is 0 Å². The highest BCUT2D eigenvalue weighted by atomic mass is 16.4. The second kappa shape index (κ2) is 9.85. The number of carbonyl (C=O) groups is 1. The predicted molar refractivity (Wildman–Crippen MR) is 105 cm³/mol. The van der Waals surface area contributed by atoms with E-state index in [1.54, 1.807) is 13.0 Å². The summed E-state index contributed by atoms with van der Waals surface area (Å²) in [4.78, 5) is 10.9. The number of rotatable bonds is 11. The van der Waals surface area contributed by atoms with Gasteiger partial charge in [-0.05, 0) is 44.4 Å². The summed E-state index contributed by atoms with van der Waals surface area (Å²) in [6, 6.07) is 0. The van der Waals surface area contributed by atoms with Crippen molar-refractivity contribution in [2.45, 2.75) is 83.0 Å². The molecule has 5 nitrogen and oxygen atoms in total. The van der Waals surface area contributed by atoms with Crippen molar-refractivity contribution in [1.29, 1.82) is 0 Å². The molecule has 7 atom stereocenters. The van der Waals surface area contributed by atoms with E-state index in [0.29, 0.717) is 19.3 Å². The first kappa shape index (κ1) is 22.1. The highest BCUT2D eigenvalue weighted by molar-refractivity contribution is 5.73. The quantitative estimate of drug-likeness (QED) is 0.326. The van der Waals surface area contributed by atoms with Crippen molar-refractivity contribution in [3.63, 3.8) is 0 Å². The Bertz CT molecular complexity index is 539. The monoisotopic (exact) mass is 380 g/mol. The number of aliphatic hydroxyl groups excluding tert-OH is 2. The summed E-state index contributed by atoms with van der Waals surface area (Å²) in [6.07, 6.45) is 12.9. The van der Waals surface area contributed by atoms with Gasteiger partial charge in [0.1, 0.15) is 0 Å². The molecule has 154 valence electrons. The van der Waals surface area contributed by atoms with Crippen LogP contribution < -0.4 is 0 Å². The van der Waals surface area contributed by atoms with Crippen LogP contribution in [0, 0.1) is 23.7 Å². The zero-order valence-electron chi connectivity index (χ0n) is 16.6. The fourth-order valence-electron chi connectivity index (χ4n) is 4.18. The number of hydrogen-bond acceptors (Lipinski definition) is 4. The molecular weight excluding hydrogens is 344 g/mol. The lowest BCUT2D eigenvalue weighted by atomic mass is 9.88. The molecule has 2 fully saturated rings. The Kier molecular flexibility index (Phi) is 8.07. The molecule has 0 saturated heterocycles. The number of aliphatic carboxylic acids is 1. The third-order valence-electron chi connectivity index (χ3n) is 6.13. The van der Waals surface area contributed by atoms with Gasteiger partial charge in [-0.1, -0.05) is 50.5 Å². The lowest BCUT2D eigenvalue weighted by Crippen LogP contribution is -2.24. The van der Waals surface area contributed by atoms with E-state index in [9.17, 15) is 20.1 Å². The molecule has 0 bridgehead atoms. The van der Waals surface area contributed by atoms with E-state index in [1.807, 2.05) is 18.2 Å². The van der Waals surface area contributed by atoms with Crippen LogP contribution in [0.4, 0.5) is 0 Å². The predicted octanol–water partition coefficient (Wildman–Crippen LogP) is 3.29. The zero-order chi connectivity index (χ0) is 20.0. The third-order valence-corrected chi connectivity index (χ3v) is 6.13. The Morgan fingerprint density at radius 2 is 1.81 bits per heavy atom. The van der Waals surface area contributed by atoms with Crippen LogP contribution in [0.1, 0.15) is 65.2 Å². The van der Waals surface area contributed by atoms with Gasteiger partial charge in [0.25, 0.3) is 0 Å². The fraction of sp³-hybridized carbons (Fsp3) is 0.773. The standard InChI is InChI=1S/C22H36O5/c1-3-4-7-11-22(2,27)12-10-17-16(19(23)14-20(17)24)9-6-5-8-15-13-18(15)21(25)26/h5-6,10,12,15-20,23-24,27H,3-4,7-9,11,13-14H2,1-2H3,(H,25,26)/b6-5-,12-10+/t15-,16-,17-,18-,19+,20-,22+/m1/s1. The van der Waals surface area contributed by atoms with E-state index in [1.165, 1.54) is 0 Å². The van der Waals surface area contributed by atoms with Crippen LogP contribution in [0.3, 0.4) is 0 Å². The lowest BCUT2D eigenvalue weighted by molar-refractivity contribution is -0.138. The summed E-state index contributed by atoms with van der Waals surface area (Å²) in [5.74, 6) is -0.909. The fourth-order valence-corrected chi connectivity index (χ4v) is 4.18. The molecule has 0 aromatic carbocycles. The van der Waals surface area contributed by atoms with Gasteiger partial charge < -0.3 is 20.4 Å². The maximum atomic E-state index is 10.9. The summed E-state index contributed by atoms with van der Waals surface area (Å²) in [5.41, 5.74) is -0.888. The van der Waals surface area contributed by atoms with Gasteiger partial charge in [-0.2, -0.15) is 0 Å². The molecule has 2 rings (SSSR count). The molecule has 0 heterocycles. The molecule has 5 heteroatoms. The Balaban J connectivity index is 1.86. The minimum atomic E-state index is -0.888. The number of unbranched alkanes of at least 4 members (excludes halogenated alkanes) is 2. The second-order valence-corrected chi connectivity index (χ2v) is 8.67. The SMILES string of the molecule is CCCCC[C@](C)(O)/C=C/[C@@H]1[C@@H](C/C=C\C[C@@H]2C[C@H]2C(=O)O)[C@@H](O)C[C@H]1O. The van der Waals surface area contributed by atoms with E-state index >= 15 is 0 Å². The maximum absolute atomic E-state index is 10.9. The lowest BCUT2D eigenvalue weighted by Gasteiger charge is -2.23. The van der Waals surface area contributed by atoms with E-state index in [0.717, 1.165) is 32.1 Å². The number of aliphatic hydroxyl groups is 3. The van der Waals surface area contributed by atoms with Crippen molar-refractivity contribution >= 4 is 5.97 Å². The topological polar surface area (TPSA) is 98.0 Å². The molecule has 2 saturated carbocycles. The first-order valence-corrected chi connectivity index (χ1v) is 10.4. The summed E-state index contributed by atoms with van der Waals surface area (Å²) < 4.78 is 0. The molecule has 0 unspecified atom stereocenters. The van der Waals surface area contributed by atoms with E-state index in [2.05, 4.69) is 6.92 Å². The van der Waals surface area contributed by atoms with Gasteiger partial charge in [0, 0.05) is 12.3 Å². The maximum Gasteiger partial charge on any atom is 0.306 e. The molecular formula is C22H36O5. The van der Waals surface area contributed by atoms with Crippen LogP contribution >= 0.6 is 0 Å². The molecule has 0 spiro atoms. The largest absolute Gasteiger partial charge is 0.481 e. The van der Waals surface area contributed by atoms with Gasteiger partial charge in [0.15, 0.2) is 0 Å². The van der Waals surface area contributed by atoms with Crippen molar-refractivity contribution in [1.82, 2.24) is 0 Å². The average molecular weight is 381 g/mol. The summed E-state index contributed by atoms with van der Waals surface area (Å²) in [5, 5.41) is 40.0. The summed E-state index contributed by atoms with van der Waals surface area (Å²) in [7, 11) is 0. The number of hydrogen-bond donors (Lipinski definition) is 4. The molecule has 0 aliphatic heterocycles. The molecule has 4 N–H and O–H groups in total. The molecule has 0 aromatic rings. The van der Waals surface area contributed by atoms with E-state index < -0.39 is 23.8 Å². The van der Waals surface area contributed by atoms with Gasteiger partial charge in [-0.15, -0.1) is 0 Å². The molecule has 27 heavy (non-hydrogen) atoms. The molecule has 2 aliphatic carbocycles. The molecule has 0 amide bonds. The van der Waals surface area contributed by atoms with E-state index in [4.69, 9.17) is 5.11 Å². The van der Waals surface area contributed by atoms with Gasteiger partial charge in [-0.3, -0.25) is 4.79 Å². The molecule has 0 aromatic heterocycles. The zero-order valence-corrected chi connectivity index (χ0v) is 16.6. The van der Waals surface area contributed by atoms with Gasteiger partial charge in [0.05, 0.1) is 23.7 Å². The Morgan fingerprint density at radius 3 is 2.44 bits per heavy atom. The third kappa shape index (κ3) is 6.74. The Labute approximate surface area is 162 Å². The minimum Gasteiger partial charge on any atom is -0.481 e. The second-order valence-electron chi connectivity index (χ2n) is 8.67. The van der Waals surface area contributed by atoms with Crippen molar-refractivity contribution < 1.29 is 25.2 Å². The normalized spacial score (nSPS) is 35.7. The summed E-state index contributed by atoms with van der Waals surface area (Å²) >= 11 is 0. The average Bonchev–Trinajstić information content (AvgIpc) is 3.31. The highest BCUT2D eigenvalue weighted by Crippen LogP contribution is 2.42. The number of carboxylic acid groups (broad SMARTS) is 1. The van der Waals surface area contributed by atoms with Crippen molar-refractivity contribution in [3.8, 4) is 0 Å². The minimum absolute atomic E-state index is 0.0755. The van der Waals surface area contributed by atoms with Gasteiger partial charge in [-0.25, -0.2) is 0 Å². The summed E-state index contributed by atoms with van der Waals surface area (Å²) in [6.45, 7) is 3.92. The first-order chi connectivity index (χ1) is 12.7. The Morgan fingerprint density at radius 1 is 1.11 bits per heavy atom. The highest BCUT2D eigenvalue weighted by Gasteiger charge is 2.42.